The Labute approximate surface area is 167 Å². The van der Waals surface area contributed by atoms with Gasteiger partial charge in [-0.2, -0.15) is 0 Å². The van der Waals surface area contributed by atoms with Crippen LogP contribution in [0.3, 0.4) is 0 Å². The van der Waals surface area contributed by atoms with Gasteiger partial charge in [-0.1, -0.05) is 52.7 Å². The molecular formula is C21H22BrN3S. The zero-order valence-corrected chi connectivity index (χ0v) is 17.5. The number of aliphatic imine (C=N–C) groups is 2. The molecule has 1 fully saturated rings. The Balaban J connectivity index is 1.82. The van der Waals surface area contributed by atoms with Crippen molar-refractivity contribution in [1.82, 2.24) is 0 Å². The first-order chi connectivity index (χ1) is 12.6. The van der Waals surface area contributed by atoms with E-state index in [1.54, 1.807) is 11.8 Å². The minimum Gasteiger partial charge on any atom is -0.307 e. The summed E-state index contributed by atoms with van der Waals surface area (Å²) in [4.78, 5) is 12.4. The van der Waals surface area contributed by atoms with Crippen LogP contribution >= 0.6 is 27.7 Å². The molecule has 1 aliphatic carbocycles. The lowest BCUT2D eigenvalue weighted by atomic mass is 9.94. The number of halogens is 1. The molecular weight excluding hydrogens is 406 g/mol. The lowest BCUT2D eigenvalue weighted by Gasteiger charge is -2.36. The lowest BCUT2D eigenvalue weighted by molar-refractivity contribution is 0.592. The highest BCUT2D eigenvalue weighted by Gasteiger charge is 2.50. The smallest absolute Gasteiger partial charge is 0.170 e. The van der Waals surface area contributed by atoms with E-state index in [0.29, 0.717) is 0 Å². The average Bonchev–Trinajstić information content (AvgIpc) is 3.23. The van der Waals surface area contributed by atoms with E-state index in [9.17, 15) is 0 Å². The van der Waals surface area contributed by atoms with E-state index < -0.39 is 0 Å². The first kappa shape index (κ1) is 17.8. The molecule has 2 aliphatic rings. The largest absolute Gasteiger partial charge is 0.307 e. The molecule has 134 valence electrons. The van der Waals surface area contributed by atoms with Gasteiger partial charge >= 0.3 is 0 Å². The van der Waals surface area contributed by atoms with E-state index in [1.807, 2.05) is 0 Å². The summed E-state index contributed by atoms with van der Waals surface area (Å²) in [5.41, 5.74) is 3.30. The van der Waals surface area contributed by atoms with Crippen molar-refractivity contribution in [2.75, 3.05) is 11.2 Å². The molecule has 0 radical (unpaired) electrons. The summed E-state index contributed by atoms with van der Waals surface area (Å²) in [6, 6.07) is 16.9. The van der Waals surface area contributed by atoms with Gasteiger partial charge in [-0.15, -0.1) is 0 Å². The van der Waals surface area contributed by atoms with Crippen LogP contribution in [0, 0.1) is 6.92 Å². The molecule has 0 amide bonds. The fourth-order valence-electron chi connectivity index (χ4n) is 3.97. The van der Waals surface area contributed by atoms with Crippen molar-refractivity contribution in [1.29, 1.82) is 0 Å². The SMILES string of the molecule is CSC1=NC(=Nc2cccc(C)c2)C2(CCCC2)N1c1ccc(Br)cc1. The second-order valence-corrected chi connectivity index (χ2v) is 8.61. The summed E-state index contributed by atoms with van der Waals surface area (Å²) in [6.07, 6.45) is 6.74. The second-order valence-electron chi connectivity index (χ2n) is 6.92. The third-order valence-electron chi connectivity index (χ3n) is 5.17. The number of nitrogens with zero attached hydrogens (tertiary/aromatic N) is 3. The van der Waals surface area contributed by atoms with E-state index in [1.165, 1.54) is 24.1 Å². The highest BCUT2D eigenvalue weighted by molar-refractivity contribution is 9.10. The van der Waals surface area contributed by atoms with E-state index in [4.69, 9.17) is 9.98 Å². The first-order valence-corrected chi connectivity index (χ1v) is 11.0. The van der Waals surface area contributed by atoms with Gasteiger partial charge in [-0.25, -0.2) is 9.98 Å². The van der Waals surface area contributed by atoms with Crippen LogP contribution in [0.15, 0.2) is 63.0 Å². The van der Waals surface area contributed by atoms with Crippen molar-refractivity contribution < 1.29 is 0 Å². The molecule has 5 heteroatoms. The highest BCUT2D eigenvalue weighted by atomic mass is 79.9. The fourth-order valence-corrected chi connectivity index (χ4v) is 4.87. The molecule has 1 heterocycles. The zero-order valence-electron chi connectivity index (χ0n) is 15.1. The van der Waals surface area contributed by atoms with E-state index >= 15 is 0 Å². The van der Waals surface area contributed by atoms with Gasteiger partial charge in [0.05, 0.1) is 5.69 Å². The minimum absolute atomic E-state index is 0.115. The quantitative estimate of drug-likeness (QED) is 0.558. The molecule has 1 spiro atoms. The number of hydrogen-bond donors (Lipinski definition) is 0. The van der Waals surface area contributed by atoms with Crippen LogP contribution in [0.1, 0.15) is 31.2 Å². The Bertz CT molecular complexity index is 867. The monoisotopic (exact) mass is 427 g/mol. The number of anilines is 1. The summed E-state index contributed by atoms with van der Waals surface area (Å²) >= 11 is 5.25. The van der Waals surface area contributed by atoms with Crippen molar-refractivity contribution in [2.45, 2.75) is 38.1 Å². The molecule has 0 unspecified atom stereocenters. The molecule has 0 aromatic heterocycles. The lowest BCUT2D eigenvalue weighted by Crippen LogP contribution is -2.49. The van der Waals surface area contributed by atoms with Crippen LogP contribution < -0.4 is 4.90 Å². The molecule has 1 saturated carbocycles. The summed E-state index contributed by atoms with van der Waals surface area (Å²) in [7, 11) is 0. The molecule has 4 rings (SSSR count). The standard InChI is InChI=1S/C21H22BrN3S/c1-15-6-5-7-17(14-15)23-19-21(12-3-4-13-21)25(20(24-19)26-2)18-10-8-16(22)9-11-18/h5-11,14H,3-4,12-13H2,1-2H3. The van der Waals surface area contributed by atoms with Crippen LogP contribution in [-0.2, 0) is 0 Å². The average molecular weight is 428 g/mol. The molecule has 1 aliphatic heterocycles. The molecule has 0 bridgehead atoms. The van der Waals surface area contributed by atoms with Crippen LogP contribution in [0.25, 0.3) is 0 Å². The summed E-state index contributed by atoms with van der Waals surface area (Å²) < 4.78 is 1.09. The predicted molar refractivity (Wildman–Crippen MR) is 117 cm³/mol. The third-order valence-corrected chi connectivity index (χ3v) is 6.34. The van der Waals surface area contributed by atoms with Gasteiger partial charge in [-0.05, 0) is 68.0 Å². The Morgan fingerprint density at radius 3 is 2.50 bits per heavy atom. The number of benzene rings is 2. The molecule has 0 saturated heterocycles. The van der Waals surface area contributed by atoms with E-state index in [2.05, 4.69) is 82.5 Å². The third kappa shape index (κ3) is 3.12. The van der Waals surface area contributed by atoms with Crippen molar-refractivity contribution in [2.24, 2.45) is 9.98 Å². The van der Waals surface area contributed by atoms with E-state index in [-0.39, 0.29) is 5.54 Å². The van der Waals surface area contributed by atoms with Gasteiger partial charge in [0.25, 0.3) is 0 Å². The maximum atomic E-state index is 5.01. The van der Waals surface area contributed by atoms with Crippen molar-refractivity contribution in [3.05, 3.63) is 58.6 Å². The highest BCUT2D eigenvalue weighted by Crippen LogP contribution is 2.45. The zero-order chi connectivity index (χ0) is 18.1. The normalized spacial score (nSPS) is 20.2. The molecule has 26 heavy (non-hydrogen) atoms. The van der Waals surface area contributed by atoms with Gasteiger partial charge < -0.3 is 4.90 Å². The van der Waals surface area contributed by atoms with Gasteiger partial charge in [0.1, 0.15) is 5.54 Å². The summed E-state index contributed by atoms with van der Waals surface area (Å²) in [5.74, 6) is 0.966. The van der Waals surface area contributed by atoms with Crippen molar-refractivity contribution in [3.63, 3.8) is 0 Å². The molecule has 2 aromatic carbocycles. The van der Waals surface area contributed by atoms with Crippen LogP contribution in [0.5, 0.6) is 0 Å². The van der Waals surface area contributed by atoms with Gasteiger partial charge in [0.2, 0.25) is 0 Å². The first-order valence-electron chi connectivity index (χ1n) is 8.97. The number of hydrogen-bond acceptors (Lipinski definition) is 3. The van der Waals surface area contributed by atoms with Crippen LogP contribution in [0.4, 0.5) is 11.4 Å². The maximum absolute atomic E-state index is 5.01. The second kappa shape index (κ2) is 7.20. The molecule has 0 N–H and O–H groups in total. The molecule has 0 atom stereocenters. The maximum Gasteiger partial charge on any atom is 0.170 e. The number of aryl methyl sites for hydroxylation is 1. The molecule has 2 aromatic rings. The van der Waals surface area contributed by atoms with Gasteiger partial charge in [0, 0.05) is 10.2 Å². The van der Waals surface area contributed by atoms with Crippen LogP contribution in [0.2, 0.25) is 0 Å². The summed E-state index contributed by atoms with van der Waals surface area (Å²) in [6.45, 7) is 2.11. The summed E-state index contributed by atoms with van der Waals surface area (Å²) in [5, 5.41) is 1.04. The predicted octanol–water partition coefficient (Wildman–Crippen LogP) is 6.34. The fraction of sp³-hybridized carbons (Fsp3) is 0.333. The Morgan fingerprint density at radius 1 is 1.12 bits per heavy atom. The number of thioether (sulfide) groups is 1. The van der Waals surface area contributed by atoms with Crippen molar-refractivity contribution in [3.8, 4) is 0 Å². The topological polar surface area (TPSA) is 28.0 Å². The van der Waals surface area contributed by atoms with E-state index in [0.717, 1.165) is 34.0 Å². The Morgan fingerprint density at radius 2 is 1.85 bits per heavy atom. The van der Waals surface area contributed by atoms with Gasteiger partial charge in [0.15, 0.2) is 11.0 Å². The Hall–Kier alpha value is -1.59. The Kier molecular flexibility index (Phi) is 4.93. The van der Waals surface area contributed by atoms with Crippen LogP contribution in [-0.4, -0.2) is 22.8 Å². The minimum atomic E-state index is -0.115. The number of rotatable bonds is 2. The van der Waals surface area contributed by atoms with Crippen molar-refractivity contribution >= 4 is 50.1 Å². The number of amidine groups is 2. The molecule has 3 nitrogen and oxygen atoms in total. The van der Waals surface area contributed by atoms with Gasteiger partial charge in [-0.3, -0.25) is 0 Å².